The summed E-state index contributed by atoms with van der Waals surface area (Å²) in [6.45, 7) is 4.18. The molecule has 0 spiro atoms. The number of anilines is 2. The van der Waals surface area contributed by atoms with E-state index in [4.69, 9.17) is 9.47 Å². The Hall–Kier alpha value is -4.51. The molecule has 38 heavy (non-hydrogen) atoms. The normalized spacial score (nSPS) is 10.7. The van der Waals surface area contributed by atoms with Gasteiger partial charge in [0.05, 0.1) is 25.0 Å². The topological polar surface area (TPSA) is 128 Å². The van der Waals surface area contributed by atoms with E-state index in [0.29, 0.717) is 41.4 Å². The molecule has 0 aliphatic carbocycles. The first kappa shape index (κ1) is 26.6. The third-order valence-electron chi connectivity index (χ3n) is 5.50. The number of ether oxygens (including phenoxy) is 2. The van der Waals surface area contributed by atoms with Crippen LogP contribution in [0.15, 0.2) is 59.4 Å². The van der Waals surface area contributed by atoms with Gasteiger partial charge in [0.1, 0.15) is 16.3 Å². The van der Waals surface area contributed by atoms with Crippen LogP contribution in [0.2, 0.25) is 0 Å². The van der Waals surface area contributed by atoms with Crippen molar-refractivity contribution in [3.63, 3.8) is 0 Å². The predicted octanol–water partition coefficient (Wildman–Crippen LogP) is 4.40. The highest BCUT2D eigenvalue weighted by molar-refractivity contribution is 7.19. The number of fused-ring (bicyclic) bond motifs is 1. The minimum Gasteiger partial charge on any atom is -0.492 e. The van der Waals surface area contributed by atoms with Crippen LogP contribution in [-0.2, 0) is 11.2 Å². The van der Waals surface area contributed by atoms with Gasteiger partial charge in [-0.2, -0.15) is 0 Å². The number of rotatable bonds is 9. The molecular formula is C27H26N4O6S. The van der Waals surface area contributed by atoms with Gasteiger partial charge in [-0.3, -0.25) is 14.4 Å². The van der Waals surface area contributed by atoms with Crippen molar-refractivity contribution in [3.8, 4) is 5.75 Å². The van der Waals surface area contributed by atoms with Crippen LogP contribution in [-0.4, -0.2) is 40.9 Å². The number of aryl methyl sites for hydroxylation is 1. The molecule has 0 radical (unpaired) electrons. The Bertz CT molecular complexity index is 1560. The summed E-state index contributed by atoms with van der Waals surface area (Å²) in [5.41, 5.74) is 1.09. The lowest BCUT2D eigenvalue weighted by Gasteiger charge is -2.12. The van der Waals surface area contributed by atoms with Crippen molar-refractivity contribution in [2.75, 3.05) is 24.4 Å². The smallest absolute Gasteiger partial charge is 0.337 e. The van der Waals surface area contributed by atoms with Crippen molar-refractivity contribution in [3.05, 3.63) is 86.8 Å². The SMILES string of the molecule is CCCc1cc(=O)n2c(C(=O)Nc3ccccc3OCC)c(C(=O)Nc3ccc(C(=O)OC)cc3)sc2n1. The highest BCUT2D eigenvalue weighted by atomic mass is 32.1. The third kappa shape index (κ3) is 5.57. The fourth-order valence-electron chi connectivity index (χ4n) is 3.79. The van der Waals surface area contributed by atoms with E-state index in [9.17, 15) is 19.2 Å². The van der Waals surface area contributed by atoms with Gasteiger partial charge in [-0.15, -0.1) is 0 Å². The van der Waals surface area contributed by atoms with Crippen molar-refractivity contribution in [1.82, 2.24) is 9.38 Å². The zero-order valence-corrected chi connectivity index (χ0v) is 21.9. The largest absolute Gasteiger partial charge is 0.492 e. The van der Waals surface area contributed by atoms with Crippen molar-refractivity contribution >= 4 is 45.5 Å². The number of nitrogens with one attached hydrogen (secondary N) is 2. The quantitative estimate of drug-likeness (QED) is 0.305. The standard InChI is InChI=1S/C27H26N4O6S/c1-4-8-18-15-21(32)31-22(24(33)30-19-9-6-7-10-20(19)37-5-2)23(38-27(31)29-18)25(34)28-17-13-11-16(12-14-17)26(35)36-3/h6-7,9-15H,4-5,8H2,1-3H3,(H,28,34)(H,30,33). The highest BCUT2D eigenvalue weighted by Gasteiger charge is 2.27. The summed E-state index contributed by atoms with van der Waals surface area (Å²) < 4.78 is 11.4. The second kappa shape index (κ2) is 11.7. The number of esters is 1. The van der Waals surface area contributed by atoms with E-state index >= 15 is 0 Å². The Morgan fingerprint density at radius 2 is 1.74 bits per heavy atom. The first-order valence-corrected chi connectivity index (χ1v) is 12.8. The van der Waals surface area contributed by atoms with Gasteiger partial charge in [-0.05, 0) is 49.7 Å². The molecule has 10 nitrogen and oxygen atoms in total. The van der Waals surface area contributed by atoms with Gasteiger partial charge in [0.2, 0.25) is 0 Å². The van der Waals surface area contributed by atoms with Crippen molar-refractivity contribution in [2.45, 2.75) is 26.7 Å². The summed E-state index contributed by atoms with van der Waals surface area (Å²) in [6.07, 6.45) is 1.37. The van der Waals surface area contributed by atoms with Gasteiger partial charge in [0.25, 0.3) is 17.4 Å². The molecule has 2 N–H and O–H groups in total. The molecule has 0 atom stereocenters. The fourth-order valence-corrected chi connectivity index (χ4v) is 4.84. The number of carbonyl (C=O) groups excluding carboxylic acids is 3. The Balaban J connectivity index is 1.76. The zero-order valence-electron chi connectivity index (χ0n) is 21.1. The maximum Gasteiger partial charge on any atom is 0.337 e. The van der Waals surface area contributed by atoms with Crippen LogP contribution in [0.5, 0.6) is 5.75 Å². The lowest BCUT2D eigenvalue weighted by molar-refractivity contribution is 0.0600. The monoisotopic (exact) mass is 534 g/mol. The van der Waals surface area contributed by atoms with Crippen LogP contribution in [0.1, 0.15) is 56.5 Å². The predicted molar refractivity (Wildman–Crippen MR) is 145 cm³/mol. The second-order valence-corrected chi connectivity index (χ2v) is 9.12. The minimum absolute atomic E-state index is 0.00619. The molecule has 0 saturated carbocycles. The maximum absolute atomic E-state index is 13.6. The minimum atomic E-state index is -0.665. The van der Waals surface area contributed by atoms with E-state index in [0.717, 1.165) is 22.2 Å². The number of aromatic nitrogens is 2. The van der Waals surface area contributed by atoms with Crippen molar-refractivity contribution in [2.24, 2.45) is 0 Å². The molecule has 0 saturated heterocycles. The fraction of sp³-hybridized carbons (Fsp3) is 0.222. The Morgan fingerprint density at radius 1 is 1.00 bits per heavy atom. The number of amides is 2. The van der Waals surface area contributed by atoms with Gasteiger partial charge in [0, 0.05) is 17.4 Å². The van der Waals surface area contributed by atoms with E-state index in [1.54, 1.807) is 36.4 Å². The number of hydrogen-bond donors (Lipinski definition) is 2. The lowest BCUT2D eigenvalue weighted by atomic mass is 10.2. The molecule has 0 fully saturated rings. The van der Waals surface area contributed by atoms with Crippen LogP contribution < -0.4 is 20.9 Å². The molecule has 2 aromatic carbocycles. The molecule has 0 aliphatic rings. The molecule has 4 aromatic rings. The second-order valence-electron chi connectivity index (χ2n) is 8.14. The summed E-state index contributed by atoms with van der Waals surface area (Å²) in [5, 5.41) is 5.49. The van der Waals surface area contributed by atoms with E-state index in [2.05, 4.69) is 15.6 Å². The highest BCUT2D eigenvalue weighted by Crippen LogP contribution is 2.27. The molecule has 2 heterocycles. The molecule has 4 rings (SSSR count). The number of para-hydroxylation sites is 2. The molecule has 196 valence electrons. The van der Waals surface area contributed by atoms with Crippen LogP contribution in [0.25, 0.3) is 4.96 Å². The molecular weight excluding hydrogens is 508 g/mol. The van der Waals surface area contributed by atoms with Gasteiger partial charge in [-0.1, -0.05) is 36.8 Å². The molecule has 0 bridgehead atoms. The number of carbonyl (C=O) groups is 3. The Labute approximate surface area is 222 Å². The van der Waals surface area contributed by atoms with Crippen molar-refractivity contribution < 1.29 is 23.9 Å². The zero-order chi connectivity index (χ0) is 27.2. The van der Waals surface area contributed by atoms with Crippen LogP contribution >= 0.6 is 11.3 Å². The average molecular weight is 535 g/mol. The third-order valence-corrected chi connectivity index (χ3v) is 6.54. The van der Waals surface area contributed by atoms with Gasteiger partial charge in [0.15, 0.2) is 4.96 Å². The van der Waals surface area contributed by atoms with E-state index in [1.807, 2.05) is 13.8 Å². The first-order valence-electron chi connectivity index (χ1n) is 11.9. The summed E-state index contributed by atoms with van der Waals surface area (Å²) in [7, 11) is 1.28. The summed E-state index contributed by atoms with van der Waals surface area (Å²) in [5.74, 6) is -1.32. The van der Waals surface area contributed by atoms with Crippen molar-refractivity contribution in [1.29, 1.82) is 0 Å². The van der Waals surface area contributed by atoms with Gasteiger partial charge < -0.3 is 20.1 Å². The summed E-state index contributed by atoms with van der Waals surface area (Å²) >= 11 is 0.944. The number of nitrogens with zero attached hydrogens (tertiary/aromatic N) is 2. The average Bonchev–Trinajstić information content (AvgIpc) is 3.30. The molecule has 0 unspecified atom stereocenters. The lowest BCUT2D eigenvalue weighted by Crippen LogP contribution is -2.25. The van der Waals surface area contributed by atoms with E-state index in [-0.39, 0.29) is 15.5 Å². The number of thiazole rings is 1. The Morgan fingerprint density at radius 3 is 2.42 bits per heavy atom. The van der Waals surface area contributed by atoms with Crippen LogP contribution in [0.4, 0.5) is 11.4 Å². The number of methoxy groups -OCH3 is 1. The number of hydrogen-bond acceptors (Lipinski definition) is 8. The Kier molecular flexibility index (Phi) is 8.17. The van der Waals surface area contributed by atoms with Crippen LogP contribution in [0, 0.1) is 0 Å². The maximum atomic E-state index is 13.6. The molecule has 2 amide bonds. The number of benzene rings is 2. The van der Waals surface area contributed by atoms with Gasteiger partial charge >= 0.3 is 5.97 Å². The van der Waals surface area contributed by atoms with Crippen LogP contribution in [0.3, 0.4) is 0 Å². The molecule has 0 aliphatic heterocycles. The molecule has 11 heteroatoms. The summed E-state index contributed by atoms with van der Waals surface area (Å²) in [6, 6.07) is 14.4. The molecule has 2 aromatic heterocycles. The first-order chi connectivity index (χ1) is 18.4. The summed E-state index contributed by atoms with van der Waals surface area (Å²) in [4.78, 5) is 56.5. The van der Waals surface area contributed by atoms with E-state index < -0.39 is 23.3 Å². The van der Waals surface area contributed by atoms with Gasteiger partial charge in [-0.25, -0.2) is 14.2 Å². The van der Waals surface area contributed by atoms with E-state index in [1.165, 1.54) is 25.3 Å².